The van der Waals surface area contributed by atoms with E-state index >= 15 is 0 Å². The predicted octanol–water partition coefficient (Wildman–Crippen LogP) is 12.8. The van der Waals surface area contributed by atoms with E-state index in [0.717, 1.165) is 141 Å². The summed E-state index contributed by atoms with van der Waals surface area (Å²) in [5.41, 5.74) is 5.67. The normalized spacial score (nSPS) is 26.6. The van der Waals surface area contributed by atoms with Crippen LogP contribution in [0.4, 0.5) is 0 Å². The third kappa shape index (κ3) is 41.9. The van der Waals surface area contributed by atoms with Gasteiger partial charge in [-0.3, -0.25) is 0 Å². The smallest absolute Gasteiger partial charge is 0.0878 e. The highest BCUT2D eigenvalue weighted by atomic mass is 16.5. The minimum atomic E-state index is 0.730. The first kappa shape index (κ1) is 61.0. The van der Waals surface area contributed by atoms with E-state index in [2.05, 4.69) is 104 Å². The molecule has 4 atom stereocenters. The Morgan fingerprint density at radius 3 is 1.40 bits per heavy atom. The summed E-state index contributed by atoms with van der Waals surface area (Å²) in [5.74, 6) is 5.28. The molecule has 4 saturated heterocycles. The fourth-order valence-electron chi connectivity index (χ4n) is 6.97. The first-order valence-corrected chi connectivity index (χ1v) is 26.3. The zero-order valence-corrected chi connectivity index (χ0v) is 44.0. The molecule has 0 spiro atoms. The van der Waals surface area contributed by atoms with Crippen molar-refractivity contribution in [3.63, 3.8) is 0 Å². The third-order valence-corrected chi connectivity index (χ3v) is 12.3. The molecule has 65 heavy (non-hydrogen) atoms. The number of ether oxygens (including phenoxy) is 7. The number of allylic oxidation sites excluding steroid dienone is 2. The highest BCUT2D eigenvalue weighted by Gasteiger charge is 2.10. The molecule has 10 rings (SSSR count). The maximum absolute atomic E-state index is 5.18. The van der Waals surface area contributed by atoms with E-state index < -0.39 is 0 Å². The first-order valence-electron chi connectivity index (χ1n) is 26.3. The lowest BCUT2D eigenvalue weighted by atomic mass is 9.88. The van der Waals surface area contributed by atoms with Gasteiger partial charge in [-0.05, 0) is 159 Å². The van der Waals surface area contributed by atoms with Gasteiger partial charge < -0.3 is 43.8 Å². The van der Waals surface area contributed by atoms with Crippen molar-refractivity contribution in [2.45, 2.75) is 159 Å². The molecule has 5 fully saturated rings. The second kappa shape index (κ2) is 43.3. The van der Waals surface area contributed by atoms with Crippen LogP contribution in [0.25, 0.3) is 0 Å². The second-order valence-corrected chi connectivity index (χ2v) is 20.1. The van der Waals surface area contributed by atoms with Gasteiger partial charge in [-0.2, -0.15) is 0 Å². The molecule has 1 saturated carbocycles. The summed E-state index contributed by atoms with van der Waals surface area (Å²) in [4.78, 5) is 0. The average Bonchev–Trinajstić information content (AvgIpc) is 4.12. The Labute approximate surface area is 401 Å². The minimum Gasteiger partial charge on any atom is -0.502 e. The van der Waals surface area contributed by atoms with Crippen molar-refractivity contribution < 1.29 is 33.2 Å². The van der Waals surface area contributed by atoms with E-state index in [4.69, 9.17) is 33.2 Å². The summed E-state index contributed by atoms with van der Waals surface area (Å²) in [5, 5.41) is 6.45. The van der Waals surface area contributed by atoms with Gasteiger partial charge in [-0.25, -0.2) is 0 Å². The molecule has 0 aromatic carbocycles. The van der Waals surface area contributed by atoms with E-state index in [9.17, 15) is 0 Å². The van der Waals surface area contributed by atoms with Crippen molar-refractivity contribution in [1.82, 2.24) is 10.6 Å². The van der Waals surface area contributed by atoms with Gasteiger partial charge in [0.15, 0.2) is 0 Å². The fourth-order valence-corrected chi connectivity index (χ4v) is 6.97. The van der Waals surface area contributed by atoms with Crippen LogP contribution in [0.1, 0.15) is 159 Å². The van der Waals surface area contributed by atoms with E-state index in [1.165, 1.54) is 112 Å². The Hall–Kier alpha value is -1.98. The van der Waals surface area contributed by atoms with Gasteiger partial charge in [0.25, 0.3) is 0 Å². The van der Waals surface area contributed by atoms with Crippen LogP contribution in [-0.4, -0.2) is 105 Å². The summed E-state index contributed by atoms with van der Waals surface area (Å²) in [6.07, 6.45) is 30.4. The molecular formula is C56H104N2O7. The van der Waals surface area contributed by atoms with Gasteiger partial charge in [0.2, 0.25) is 0 Å². The lowest BCUT2D eigenvalue weighted by Crippen LogP contribution is -2.13. The van der Waals surface area contributed by atoms with E-state index in [-0.39, 0.29) is 0 Å². The third-order valence-electron chi connectivity index (χ3n) is 12.3. The number of hydrogen-bond acceptors (Lipinski definition) is 9. The number of nitrogens with one attached hydrogen (secondary N) is 2. The molecule has 9 nitrogen and oxygen atoms in total. The zero-order valence-electron chi connectivity index (χ0n) is 44.0. The van der Waals surface area contributed by atoms with E-state index in [1.807, 2.05) is 6.26 Å². The molecule has 1 aliphatic carbocycles. The van der Waals surface area contributed by atoms with Gasteiger partial charge in [-0.1, -0.05) is 95.8 Å². The molecule has 9 heteroatoms. The monoisotopic (exact) mass is 917 g/mol. The molecule has 0 aromatic rings. The Morgan fingerprint density at radius 1 is 0.477 bits per heavy atom. The summed E-state index contributed by atoms with van der Waals surface area (Å²) >= 11 is 0. The maximum atomic E-state index is 5.18. The SMILES string of the molecule is CC1=CCCOC1.CC1=CCNC1.CC1=CCOCC1.CC1=COCCC1.CC1C=COCC1.CC1CCC1.CC1CCCOC1.CC1CCNC1.CC1CCOC1.CC1CCOCC1. The molecular weight excluding hydrogens is 813 g/mol. The Balaban J connectivity index is 0.000000362. The van der Waals surface area contributed by atoms with E-state index in [0.29, 0.717) is 0 Å². The lowest BCUT2D eigenvalue weighted by Gasteiger charge is -2.18. The minimum absolute atomic E-state index is 0.730. The van der Waals surface area contributed by atoms with Crippen molar-refractivity contribution in [2.24, 2.45) is 35.5 Å². The standard InChI is InChI=1S/C6H12O.2C6H10O.C6H12O.2C6H10O.C5H11N.C5H9N.C5H10O.C5H10/c3*1-6-2-4-7-5-3-6;3*1-6-3-2-4-7-5-6;3*1-5-2-3-6-4-5;1-5-3-2-4-5/h6H,2-5H2,1H3;2H,3-5H2,1H3;2,4,6H,3,5H2,1H3;6H,2-5H2,1H3;5H,2-4H2,1H3;3H,2,4-5H2,1H3;5-6H,2-4H2,1H3;2,6H,3-4H2,1H3;5H,2-4H2,1H3;5H,2-4H2,1H3. The number of rotatable bonds is 0. The van der Waals surface area contributed by atoms with Crippen LogP contribution in [0.2, 0.25) is 0 Å². The van der Waals surface area contributed by atoms with Gasteiger partial charge in [0, 0.05) is 52.7 Å². The fraction of sp³-hybridized carbons (Fsp3) is 0.821. The van der Waals surface area contributed by atoms with Crippen LogP contribution >= 0.6 is 0 Å². The maximum Gasteiger partial charge on any atom is 0.0878 e. The summed E-state index contributed by atoms with van der Waals surface area (Å²) < 4.78 is 35.5. The molecule has 9 heterocycles. The molecule has 0 radical (unpaired) electrons. The average molecular weight is 917 g/mol. The first-order chi connectivity index (χ1) is 31.4. The lowest BCUT2D eigenvalue weighted by molar-refractivity contribution is 0.0616. The molecule has 2 N–H and O–H groups in total. The van der Waals surface area contributed by atoms with Crippen LogP contribution in [0.3, 0.4) is 0 Å². The molecule has 9 aliphatic heterocycles. The van der Waals surface area contributed by atoms with Crippen molar-refractivity contribution in [3.8, 4) is 0 Å². The summed E-state index contributed by atoms with van der Waals surface area (Å²) in [6, 6.07) is 0. The molecule has 4 unspecified atom stereocenters. The largest absolute Gasteiger partial charge is 0.502 e. The molecule has 0 amide bonds. The zero-order chi connectivity index (χ0) is 47.6. The van der Waals surface area contributed by atoms with E-state index in [1.54, 1.807) is 6.26 Å². The Morgan fingerprint density at radius 2 is 1.17 bits per heavy atom. The number of hydrogen-bond donors (Lipinski definition) is 2. The Bertz CT molecular complexity index is 1130. The quantitative estimate of drug-likeness (QED) is 0.231. The summed E-state index contributed by atoms with van der Waals surface area (Å²) in [7, 11) is 0. The van der Waals surface area contributed by atoms with Gasteiger partial charge in [-0.15, -0.1) is 0 Å². The van der Waals surface area contributed by atoms with Crippen molar-refractivity contribution in [3.05, 3.63) is 59.1 Å². The van der Waals surface area contributed by atoms with Crippen LogP contribution in [-0.2, 0) is 33.2 Å². The molecule has 0 bridgehead atoms. The van der Waals surface area contributed by atoms with Crippen molar-refractivity contribution >= 4 is 0 Å². The highest BCUT2D eigenvalue weighted by molar-refractivity contribution is 5.06. The van der Waals surface area contributed by atoms with Crippen molar-refractivity contribution in [1.29, 1.82) is 0 Å². The van der Waals surface area contributed by atoms with Crippen LogP contribution < -0.4 is 10.6 Å². The second-order valence-electron chi connectivity index (χ2n) is 20.1. The van der Waals surface area contributed by atoms with Gasteiger partial charge in [0.1, 0.15) is 0 Å². The van der Waals surface area contributed by atoms with Gasteiger partial charge >= 0.3 is 0 Å². The molecule has 10 aliphatic rings. The molecule has 0 aromatic heterocycles. The van der Waals surface area contributed by atoms with Crippen LogP contribution in [0, 0.1) is 35.5 Å². The van der Waals surface area contributed by atoms with Crippen LogP contribution in [0.5, 0.6) is 0 Å². The van der Waals surface area contributed by atoms with Gasteiger partial charge in [0.05, 0.1) is 52.2 Å². The highest BCUT2D eigenvalue weighted by Crippen LogP contribution is 2.24. The summed E-state index contributed by atoms with van der Waals surface area (Å²) in [6.45, 7) is 37.9. The molecule has 380 valence electrons. The predicted molar refractivity (Wildman–Crippen MR) is 276 cm³/mol. The topological polar surface area (TPSA) is 88.7 Å². The van der Waals surface area contributed by atoms with Crippen LogP contribution in [0.15, 0.2) is 59.1 Å². The van der Waals surface area contributed by atoms with Crippen molar-refractivity contribution in [2.75, 3.05) is 105 Å². The Kier molecular flexibility index (Phi) is 40.7.